The van der Waals surface area contributed by atoms with Crippen LogP contribution in [0.1, 0.15) is 50.5 Å². The number of nitrogens with one attached hydrogen (secondary N) is 3. The van der Waals surface area contributed by atoms with Gasteiger partial charge in [0.25, 0.3) is 0 Å². The number of piperidine rings is 1. The zero-order valence-electron chi connectivity index (χ0n) is 17.2. The summed E-state index contributed by atoms with van der Waals surface area (Å²) < 4.78 is 6.05. The summed E-state index contributed by atoms with van der Waals surface area (Å²) in [6.45, 7) is 3.13. The van der Waals surface area contributed by atoms with Gasteiger partial charge in [-0.25, -0.2) is 4.94 Å². The van der Waals surface area contributed by atoms with E-state index >= 15 is 0 Å². The van der Waals surface area contributed by atoms with Gasteiger partial charge >= 0.3 is 0 Å². The highest BCUT2D eigenvalue weighted by molar-refractivity contribution is 5.62. The maximum Gasteiger partial charge on any atom is 0.145 e. The molecule has 4 unspecified atom stereocenters. The molecule has 6 heteroatoms. The summed E-state index contributed by atoms with van der Waals surface area (Å²) in [5.74, 6) is 2.87. The Bertz CT molecular complexity index is 716. The van der Waals surface area contributed by atoms with Gasteiger partial charge in [0.15, 0.2) is 0 Å². The first kappa shape index (κ1) is 18.4. The molecule has 3 heterocycles. The number of hydroxylamine groups is 2. The number of hydrogen-bond acceptors (Lipinski definition) is 6. The Labute approximate surface area is 173 Å². The van der Waals surface area contributed by atoms with Crippen LogP contribution >= 0.6 is 0 Å². The van der Waals surface area contributed by atoms with Crippen molar-refractivity contribution in [2.24, 2.45) is 11.8 Å². The van der Waals surface area contributed by atoms with Crippen molar-refractivity contribution in [2.75, 3.05) is 24.6 Å². The van der Waals surface area contributed by atoms with Crippen LogP contribution in [0.3, 0.4) is 0 Å². The smallest absolute Gasteiger partial charge is 0.145 e. The van der Waals surface area contributed by atoms with Crippen LogP contribution < -0.4 is 25.9 Å². The summed E-state index contributed by atoms with van der Waals surface area (Å²) in [5.41, 5.74) is 9.04. The molecule has 1 aromatic carbocycles. The third kappa shape index (κ3) is 3.54. The first-order chi connectivity index (χ1) is 14.3. The molecule has 0 radical (unpaired) electrons. The average Bonchev–Trinajstić information content (AvgIpc) is 3.37. The molecule has 6 rings (SSSR count). The van der Waals surface area contributed by atoms with Gasteiger partial charge in [0.2, 0.25) is 0 Å². The lowest BCUT2D eigenvalue weighted by atomic mass is 9.77. The predicted molar refractivity (Wildman–Crippen MR) is 113 cm³/mol. The highest BCUT2D eigenvalue weighted by atomic mass is 16.8. The number of ether oxygens (including phenoxy) is 1. The fraction of sp³-hybridized carbons (Fsp3) is 0.739. The minimum Gasteiger partial charge on any atom is -0.491 e. The molecule has 29 heavy (non-hydrogen) atoms. The molecule has 0 amide bonds. The van der Waals surface area contributed by atoms with Crippen molar-refractivity contribution >= 4 is 5.69 Å². The normalized spacial score (nSPS) is 37.0. The number of hydrogen-bond donors (Lipinski definition) is 3. The van der Waals surface area contributed by atoms with E-state index in [2.05, 4.69) is 39.4 Å². The van der Waals surface area contributed by atoms with E-state index in [1.54, 1.807) is 0 Å². The Morgan fingerprint density at radius 1 is 0.931 bits per heavy atom. The van der Waals surface area contributed by atoms with Crippen molar-refractivity contribution in [2.45, 2.75) is 75.5 Å². The summed E-state index contributed by atoms with van der Waals surface area (Å²) in [7, 11) is 0. The van der Waals surface area contributed by atoms with Crippen molar-refractivity contribution in [3.05, 3.63) is 23.8 Å². The van der Waals surface area contributed by atoms with Crippen molar-refractivity contribution in [3.63, 3.8) is 0 Å². The lowest BCUT2D eigenvalue weighted by molar-refractivity contribution is 0.00879. The van der Waals surface area contributed by atoms with Crippen LogP contribution in [0, 0.1) is 11.8 Å². The summed E-state index contributed by atoms with van der Waals surface area (Å²) in [6, 6.07) is 9.08. The van der Waals surface area contributed by atoms with E-state index in [9.17, 15) is 0 Å². The molecule has 2 saturated heterocycles. The van der Waals surface area contributed by atoms with Crippen molar-refractivity contribution in [3.8, 4) is 5.75 Å². The van der Waals surface area contributed by atoms with Gasteiger partial charge in [-0.3, -0.25) is 0 Å². The molecule has 0 aromatic heterocycles. The summed E-state index contributed by atoms with van der Waals surface area (Å²) in [5, 5.41) is 4.04. The molecular formula is C23H34N4O2. The number of benzene rings is 1. The van der Waals surface area contributed by atoms with Crippen molar-refractivity contribution in [1.82, 2.24) is 16.3 Å². The highest BCUT2D eigenvalue weighted by Crippen LogP contribution is 2.43. The fourth-order valence-electron chi connectivity index (χ4n) is 6.59. The summed E-state index contributed by atoms with van der Waals surface area (Å²) in [6.07, 6.45) is 9.98. The standard InChI is InChI=1S/C23H34N4O2/c1-3-15-4-2-10-28-23(15)22(5-1)27-8-6-18(7-9-27)24-19-11-16-13-20-21(26-29-25-20)14-17(16)12-19/h1,3,5,16-21,24-26H,2,4,6-14H2. The summed E-state index contributed by atoms with van der Waals surface area (Å²) >= 11 is 0. The van der Waals surface area contributed by atoms with Crippen LogP contribution in [0.4, 0.5) is 5.69 Å². The van der Waals surface area contributed by atoms with Crippen LogP contribution in [0.2, 0.25) is 0 Å². The quantitative estimate of drug-likeness (QED) is 0.728. The number of para-hydroxylation sites is 1. The molecule has 0 bridgehead atoms. The van der Waals surface area contributed by atoms with E-state index in [1.807, 2.05) is 0 Å². The van der Waals surface area contributed by atoms with Gasteiger partial charge in [0.05, 0.1) is 24.4 Å². The minimum atomic E-state index is 0.511. The number of anilines is 1. The molecule has 4 atom stereocenters. The zero-order chi connectivity index (χ0) is 19.2. The third-order valence-electron chi connectivity index (χ3n) is 8.08. The van der Waals surface area contributed by atoms with Crippen LogP contribution in [0.5, 0.6) is 5.75 Å². The van der Waals surface area contributed by atoms with E-state index in [0.717, 1.165) is 50.1 Å². The minimum absolute atomic E-state index is 0.511. The molecule has 0 spiro atoms. The van der Waals surface area contributed by atoms with E-state index in [1.165, 1.54) is 49.8 Å². The maximum atomic E-state index is 6.05. The molecule has 6 nitrogen and oxygen atoms in total. The maximum absolute atomic E-state index is 6.05. The van der Waals surface area contributed by atoms with Crippen LogP contribution in [0.15, 0.2) is 18.2 Å². The molecule has 2 saturated carbocycles. The van der Waals surface area contributed by atoms with Crippen molar-refractivity contribution in [1.29, 1.82) is 0 Å². The first-order valence-corrected chi connectivity index (χ1v) is 11.8. The molecule has 1 aromatic rings. The fourth-order valence-corrected chi connectivity index (χ4v) is 6.59. The zero-order valence-corrected chi connectivity index (χ0v) is 17.2. The van der Waals surface area contributed by atoms with Crippen LogP contribution in [0.25, 0.3) is 0 Å². The number of fused-ring (bicyclic) bond motifs is 3. The number of aryl methyl sites for hydroxylation is 1. The largest absolute Gasteiger partial charge is 0.491 e. The van der Waals surface area contributed by atoms with E-state index in [0.29, 0.717) is 24.2 Å². The second-order valence-corrected chi connectivity index (χ2v) is 9.86. The Hall–Kier alpha value is -1.34. The van der Waals surface area contributed by atoms with Gasteiger partial charge in [-0.15, -0.1) is 0 Å². The topological polar surface area (TPSA) is 57.8 Å². The second kappa shape index (κ2) is 7.73. The van der Waals surface area contributed by atoms with E-state index in [-0.39, 0.29) is 0 Å². The molecular weight excluding hydrogens is 364 g/mol. The van der Waals surface area contributed by atoms with Gasteiger partial charge in [0, 0.05) is 25.2 Å². The number of rotatable bonds is 3. The average molecular weight is 399 g/mol. The van der Waals surface area contributed by atoms with Crippen LogP contribution in [-0.2, 0) is 11.4 Å². The summed E-state index contributed by atoms with van der Waals surface area (Å²) in [4.78, 5) is 7.81. The Balaban J connectivity index is 1.04. The van der Waals surface area contributed by atoms with Gasteiger partial charge in [-0.1, -0.05) is 12.1 Å². The molecule has 3 N–H and O–H groups in total. The molecule has 158 valence electrons. The van der Waals surface area contributed by atoms with E-state index in [4.69, 9.17) is 9.68 Å². The predicted octanol–water partition coefficient (Wildman–Crippen LogP) is 2.54. The van der Waals surface area contributed by atoms with Gasteiger partial charge in [0.1, 0.15) is 5.75 Å². The Kier molecular flexibility index (Phi) is 4.91. The van der Waals surface area contributed by atoms with Crippen molar-refractivity contribution < 1.29 is 9.68 Å². The highest BCUT2D eigenvalue weighted by Gasteiger charge is 2.45. The third-order valence-corrected chi connectivity index (χ3v) is 8.08. The molecule has 3 aliphatic heterocycles. The Morgan fingerprint density at radius 3 is 2.45 bits per heavy atom. The lowest BCUT2D eigenvalue weighted by Crippen LogP contribution is -2.46. The van der Waals surface area contributed by atoms with E-state index < -0.39 is 0 Å². The van der Waals surface area contributed by atoms with Gasteiger partial charge in [-0.2, -0.15) is 11.0 Å². The Morgan fingerprint density at radius 2 is 1.69 bits per heavy atom. The van der Waals surface area contributed by atoms with Gasteiger partial charge < -0.3 is 15.0 Å². The van der Waals surface area contributed by atoms with Crippen LogP contribution in [-0.4, -0.2) is 43.9 Å². The first-order valence-electron chi connectivity index (χ1n) is 11.8. The lowest BCUT2D eigenvalue weighted by Gasteiger charge is -2.37. The number of nitrogens with zero attached hydrogens (tertiary/aromatic N) is 1. The molecule has 2 aliphatic carbocycles. The molecule has 5 aliphatic rings. The van der Waals surface area contributed by atoms with Gasteiger partial charge in [-0.05, 0) is 74.8 Å². The SMILES string of the molecule is c1cc2c(c(N3CCC(NC4CC5CC6NONC6CC5C4)CC3)c1)OCCC2. The second-order valence-electron chi connectivity index (χ2n) is 9.86. The molecule has 4 fully saturated rings. The monoisotopic (exact) mass is 398 g/mol.